The molecule has 0 radical (unpaired) electrons. The second kappa shape index (κ2) is 7.53. The molecule has 0 bridgehead atoms. The van der Waals surface area contributed by atoms with Gasteiger partial charge in [0.15, 0.2) is 22.8 Å². The summed E-state index contributed by atoms with van der Waals surface area (Å²) in [6.07, 6.45) is 7.13. The summed E-state index contributed by atoms with van der Waals surface area (Å²) in [6, 6.07) is 4.21. The van der Waals surface area contributed by atoms with Gasteiger partial charge in [-0.3, -0.25) is 0 Å². The zero-order valence-electron chi connectivity index (χ0n) is 17.9. The minimum absolute atomic E-state index is 0.344. The minimum Gasteiger partial charge on any atom is -0.382 e. The van der Waals surface area contributed by atoms with Gasteiger partial charge in [0.2, 0.25) is 0 Å². The van der Waals surface area contributed by atoms with Crippen LogP contribution in [-0.2, 0) is 14.1 Å². The fourth-order valence-electron chi connectivity index (χ4n) is 4.15. The second-order valence-electron chi connectivity index (χ2n) is 7.96. The number of pyridine rings is 1. The van der Waals surface area contributed by atoms with Gasteiger partial charge in [0.25, 0.3) is 0 Å². The molecule has 160 valence electrons. The molecule has 4 aromatic heterocycles. The average molecular weight is 419 g/mol. The van der Waals surface area contributed by atoms with Crippen molar-refractivity contribution in [3.05, 3.63) is 36.7 Å². The van der Waals surface area contributed by atoms with Crippen LogP contribution in [0.2, 0.25) is 0 Å². The molecule has 10 heteroatoms. The number of aromatic nitrogens is 7. The molecule has 0 amide bonds. The van der Waals surface area contributed by atoms with Crippen molar-refractivity contribution in [3.8, 4) is 11.5 Å². The lowest BCUT2D eigenvalue weighted by Crippen LogP contribution is -2.39. The van der Waals surface area contributed by atoms with Crippen LogP contribution in [0.15, 0.2) is 30.9 Å². The van der Waals surface area contributed by atoms with Gasteiger partial charge >= 0.3 is 0 Å². The number of nitrogens with zero attached hydrogens (tertiary/aromatic N) is 8. The molecule has 0 aliphatic carbocycles. The summed E-state index contributed by atoms with van der Waals surface area (Å²) in [5.74, 6) is 3.19. The zero-order valence-corrected chi connectivity index (χ0v) is 17.9. The van der Waals surface area contributed by atoms with Crippen LogP contribution in [0.4, 0.5) is 17.3 Å². The van der Waals surface area contributed by atoms with Gasteiger partial charge in [-0.05, 0) is 31.9 Å². The highest BCUT2D eigenvalue weighted by Gasteiger charge is 2.25. The molecule has 3 N–H and O–H groups in total. The lowest BCUT2D eigenvalue weighted by atomic mass is 10.0. The van der Waals surface area contributed by atoms with E-state index in [2.05, 4.69) is 30.2 Å². The molecule has 0 atom stereocenters. The molecule has 5 rings (SSSR count). The predicted octanol–water partition coefficient (Wildman–Crippen LogP) is 2.13. The topological polar surface area (TPSA) is 116 Å². The molecule has 4 aromatic rings. The number of piperidine rings is 1. The van der Waals surface area contributed by atoms with E-state index >= 15 is 0 Å². The number of rotatable bonds is 4. The van der Waals surface area contributed by atoms with E-state index in [0.717, 1.165) is 65.9 Å². The summed E-state index contributed by atoms with van der Waals surface area (Å²) >= 11 is 0. The molecular weight excluding hydrogens is 392 g/mol. The summed E-state index contributed by atoms with van der Waals surface area (Å²) in [7, 11) is 3.98. The molecule has 10 nitrogen and oxygen atoms in total. The summed E-state index contributed by atoms with van der Waals surface area (Å²) in [6.45, 7) is 3.73. The van der Waals surface area contributed by atoms with Gasteiger partial charge < -0.3 is 25.1 Å². The fraction of sp³-hybridized carbons (Fsp3) is 0.381. The van der Waals surface area contributed by atoms with Crippen molar-refractivity contribution in [2.24, 2.45) is 14.1 Å². The number of hydrogen-bond acceptors (Lipinski definition) is 8. The first-order valence-corrected chi connectivity index (χ1v) is 10.4. The highest BCUT2D eigenvalue weighted by Crippen LogP contribution is 2.30. The maximum atomic E-state index is 5.98. The Bertz CT molecular complexity index is 1230. The lowest BCUT2D eigenvalue weighted by molar-refractivity contribution is 0.524. The van der Waals surface area contributed by atoms with Crippen LogP contribution >= 0.6 is 0 Å². The van der Waals surface area contributed by atoms with E-state index < -0.39 is 0 Å². The fourth-order valence-corrected chi connectivity index (χ4v) is 4.15. The number of anilines is 3. The Morgan fingerprint density at radius 1 is 1.06 bits per heavy atom. The van der Waals surface area contributed by atoms with Crippen molar-refractivity contribution in [1.29, 1.82) is 0 Å². The molecule has 1 aliphatic heterocycles. The van der Waals surface area contributed by atoms with E-state index in [9.17, 15) is 0 Å². The van der Waals surface area contributed by atoms with E-state index in [4.69, 9.17) is 10.7 Å². The third-order valence-corrected chi connectivity index (χ3v) is 6.08. The largest absolute Gasteiger partial charge is 0.382 e. The first kappa shape index (κ1) is 19.3. The summed E-state index contributed by atoms with van der Waals surface area (Å²) in [4.78, 5) is 24.9. The van der Waals surface area contributed by atoms with Crippen LogP contribution < -0.4 is 16.0 Å². The van der Waals surface area contributed by atoms with Crippen LogP contribution in [-0.4, -0.2) is 53.2 Å². The van der Waals surface area contributed by atoms with Crippen molar-refractivity contribution < 1.29 is 0 Å². The summed E-state index contributed by atoms with van der Waals surface area (Å²) < 4.78 is 4.05. The Kier molecular flexibility index (Phi) is 4.68. The van der Waals surface area contributed by atoms with Gasteiger partial charge in [-0.15, -0.1) is 0 Å². The van der Waals surface area contributed by atoms with Crippen molar-refractivity contribution in [1.82, 2.24) is 34.1 Å². The number of aryl methyl sites for hydroxylation is 2. The lowest BCUT2D eigenvalue weighted by Gasteiger charge is -2.33. The SMILES string of the molecule is Cc1ncc(-c2nc3c(N4CCC(Nc5cccnc5N)CC4)ncnc3n2C)n1C. The first-order valence-electron chi connectivity index (χ1n) is 10.4. The standard InChI is InChI=1S/C21H26N10/c1-13-24-11-16(29(13)2)19-28-17-20(30(19)3)25-12-26-21(17)31-9-6-14(7-10-31)27-15-5-4-8-23-18(15)22/h4-5,8,11-12,14,27H,6-7,9-10H2,1-3H3,(H2,22,23). The van der Waals surface area contributed by atoms with Crippen LogP contribution in [0.25, 0.3) is 22.7 Å². The molecule has 5 heterocycles. The molecule has 0 spiro atoms. The number of nitrogens with two attached hydrogens (primary N) is 1. The van der Waals surface area contributed by atoms with E-state index in [1.165, 1.54) is 0 Å². The third kappa shape index (κ3) is 3.33. The maximum absolute atomic E-state index is 5.98. The molecule has 0 aromatic carbocycles. The molecule has 1 fully saturated rings. The Hall–Kier alpha value is -3.69. The van der Waals surface area contributed by atoms with E-state index in [-0.39, 0.29) is 0 Å². The predicted molar refractivity (Wildman–Crippen MR) is 121 cm³/mol. The second-order valence-corrected chi connectivity index (χ2v) is 7.96. The van der Waals surface area contributed by atoms with Crippen LogP contribution in [0, 0.1) is 6.92 Å². The third-order valence-electron chi connectivity index (χ3n) is 6.08. The number of nitrogen functional groups attached to an aromatic ring is 1. The van der Waals surface area contributed by atoms with Gasteiger partial charge in [0.1, 0.15) is 23.7 Å². The molecule has 1 saturated heterocycles. The van der Waals surface area contributed by atoms with Crippen molar-refractivity contribution in [3.63, 3.8) is 0 Å². The van der Waals surface area contributed by atoms with Gasteiger partial charge in [-0.25, -0.2) is 24.9 Å². The van der Waals surface area contributed by atoms with Gasteiger partial charge in [0.05, 0.1) is 11.9 Å². The Morgan fingerprint density at radius 2 is 1.87 bits per heavy atom. The highest BCUT2D eigenvalue weighted by atomic mass is 15.2. The Labute approximate surface area is 180 Å². The van der Waals surface area contributed by atoms with E-state index in [1.54, 1.807) is 12.5 Å². The van der Waals surface area contributed by atoms with Gasteiger partial charge in [-0.1, -0.05) is 0 Å². The maximum Gasteiger partial charge on any atom is 0.165 e. The van der Waals surface area contributed by atoms with Gasteiger partial charge in [-0.2, -0.15) is 0 Å². The van der Waals surface area contributed by atoms with Crippen LogP contribution in [0.5, 0.6) is 0 Å². The van der Waals surface area contributed by atoms with E-state index in [1.807, 2.05) is 48.5 Å². The summed E-state index contributed by atoms with van der Waals surface area (Å²) in [5.41, 5.74) is 9.47. The monoisotopic (exact) mass is 418 g/mol. The molecule has 31 heavy (non-hydrogen) atoms. The number of fused-ring (bicyclic) bond motifs is 1. The highest BCUT2D eigenvalue weighted by molar-refractivity contribution is 5.86. The number of imidazole rings is 2. The molecular formula is C21H26N10. The molecule has 0 saturated carbocycles. The molecule has 1 aliphatic rings. The van der Waals surface area contributed by atoms with E-state index in [0.29, 0.717) is 11.9 Å². The van der Waals surface area contributed by atoms with Crippen molar-refractivity contribution in [2.45, 2.75) is 25.8 Å². The van der Waals surface area contributed by atoms with Crippen molar-refractivity contribution >= 4 is 28.5 Å². The minimum atomic E-state index is 0.344. The van der Waals surface area contributed by atoms with Crippen LogP contribution in [0.3, 0.4) is 0 Å². The normalized spacial score (nSPS) is 15.0. The average Bonchev–Trinajstić information content (AvgIpc) is 3.29. The van der Waals surface area contributed by atoms with Gasteiger partial charge in [0, 0.05) is 39.4 Å². The Morgan fingerprint density at radius 3 is 2.58 bits per heavy atom. The number of hydrogen-bond donors (Lipinski definition) is 2. The first-order chi connectivity index (χ1) is 15.0. The van der Waals surface area contributed by atoms with Crippen LogP contribution in [0.1, 0.15) is 18.7 Å². The summed E-state index contributed by atoms with van der Waals surface area (Å²) in [5, 5.41) is 3.53. The molecule has 0 unspecified atom stereocenters. The zero-order chi connectivity index (χ0) is 21.5. The smallest absolute Gasteiger partial charge is 0.165 e. The van der Waals surface area contributed by atoms with Crippen molar-refractivity contribution in [2.75, 3.05) is 29.0 Å². The Balaban J connectivity index is 1.39. The number of nitrogens with one attached hydrogen (secondary N) is 1. The quantitative estimate of drug-likeness (QED) is 0.518.